The zero-order valence-corrected chi connectivity index (χ0v) is 14.4. The van der Waals surface area contributed by atoms with Crippen LogP contribution in [0, 0.1) is 11.3 Å². The average molecular weight is 302 g/mol. The zero-order valence-electron chi connectivity index (χ0n) is 13.6. The van der Waals surface area contributed by atoms with Crippen molar-refractivity contribution in [3.05, 3.63) is 0 Å². The van der Waals surface area contributed by atoms with Crippen LogP contribution < -0.4 is 11.5 Å². The van der Waals surface area contributed by atoms with Gasteiger partial charge in [-0.3, -0.25) is 9.69 Å². The molecule has 1 aliphatic heterocycles. The third kappa shape index (κ3) is 4.64. The maximum Gasteiger partial charge on any atom is 0.222 e. The van der Waals surface area contributed by atoms with Crippen LogP contribution in [0.2, 0.25) is 0 Å². The van der Waals surface area contributed by atoms with Gasteiger partial charge < -0.3 is 11.5 Å². The van der Waals surface area contributed by atoms with Crippen molar-refractivity contribution in [1.29, 1.82) is 0 Å². The molecule has 20 heavy (non-hydrogen) atoms. The summed E-state index contributed by atoms with van der Waals surface area (Å²) in [5, 5.41) is 0.504. The van der Waals surface area contributed by atoms with Crippen LogP contribution in [0.15, 0.2) is 0 Å². The lowest BCUT2D eigenvalue weighted by molar-refractivity contribution is -0.123. The molecule has 5 heteroatoms. The van der Waals surface area contributed by atoms with E-state index in [4.69, 9.17) is 11.5 Å². The predicted octanol–water partition coefficient (Wildman–Crippen LogP) is 2.02. The summed E-state index contributed by atoms with van der Waals surface area (Å²) < 4.78 is 0. The van der Waals surface area contributed by atoms with Gasteiger partial charge in [0, 0.05) is 24.4 Å². The van der Waals surface area contributed by atoms with Crippen LogP contribution in [0.25, 0.3) is 0 Å². The fourth-order valence-corrected chi connectivity index (χ4v) is 4.23. The quantitative estimate of drug-likeness (QED) is 0.787. The first-order valence-electron chi connectivity index (χ1n) is 7.57. The van der Waals surface area contributed by atoms with Crippen LogP contribution in [-0.4, -0.2) is 40.6 Å². The van der Waals surface area contributed by atoms with Gasteiger partial charge >= 0.3 is 0 Å². The Morgan fingerprint density at radius 1 is 1.40 bits per heavy atom. The third-order valence-corrected chi connectivity index (χ3v) is 5.53. The summed E-state index contributed by atoms with van der Waals surface area (Å²) in [6.45, 7) is 11.8. The Labute approximate surface area is 128 Å². The van der Waals surface area contributed by atoms with Crippen molar-refractivity contribution in [3.63, 3.8) is 0 Å². The molecule has 1 fully saturated rings. The van der Waals surface area contributed by atoms with Gasteiger partial charge in [-0.2, -0.15) is 0 Å². The molecule has 0 aliphatic carbocycles. The number of rotatable bonds is 6. The highest BCUT2D eigenvalue weighted by molar-refractivity contribution is 8.00. The molecule has 0 aromatic rings. The summed E-state index contributed by atoms with van der Waals surface area (Å²) in [5.41, 5.74) is 11.7. The van der Waals surface area contributed by atoms with E-state index in [-0.39, 0.29) is 23.3 Å². The number of primary amides is 1. The SMILES string of the molecule is CC(C)N1CCSC1CCC(C(N)=O)C(N)C(C)(C)C. The lowest BCUT2D eigenvalue weighted by atomic mass is 9.77. The molecule has 118 valence electrons. The van der Waals surface area contributed by atoms with E-state index in [2.05, 4.69) is 39.5 Å². The summed E-state index contributed by atoms with van der Waals surface area (Å²) in [7, 11) is 0. The van der Waals surface area contributed by atoms with Crippen LogP contribution in [-0.2, 0) is 4.79 Å². The second kappa shape index (κ2) is 7.14. The molecule has 0 radical (unpaired) electrons. The van der Waals surface area contributed by atoms with E-state index in [0.29, 0.717) is 11.4 Å². The van der Waals surface area contributed by atoms with Crippen LogP contribution in [0.5, 0.6) is 0 Å². The lowest BCUT2D eigenvalue weighted by Crippen LogP contribution is -2.47. The first-order valence-corrected chi connectivity index (χ1v) is 8.61. The average Bonchev–Trinajstić information content (AvgIpc) is 2.75. The molecule has 0 saturated carbocycles. The maximum absolute atomic E-state index is 11.7. The Morgan fingerprint density at radius 2 is 2.00 bits per heavy atom. The normalized spacial score (nSPS) is 24.1. The van der Waals surface area contributed by atoms with E-state index in [9.17, 15) is 4.79 Å². The fourth-order valence-electron chi connectivity index (χ4n) is 2.80. The minimum Gasteiger partial charge on any atom is -0.369 e. The van der Waals surface area contributed by atoms with Gasteiger partial charge in [0.05, 0.1) is 11.3 Å². The van der Waals surface area contributed by atoms with Gasteiger partial charge in [0.1, 0.15) is 0 Å². The first-order chi connectivity index (χ1) is 9.14. The summed E-state index contributed by atoms with van der Waals surface area (Å²) in [6, 6.07) is 0.372. The fraction of sp³-hybridized carbons (Fsp3) is 0.933. The molecule has 0 spiro atoms. The molecule has 1 saturated heterocycles. The number of carbonyl (C=O) groups excluding carboxylic acids is 1. The Kier molecular flexibility index (Phi) is 6.35. The Hall–Kier alpha value is -0.260. The summed E-state index contributed by atoms with van der Waals surface area (Å²) >= 11 is 1.98. The predicted molar refractivity (Wildman–Crippen MR) is 87.4 cm³/mol. The van der Waals surface area contributed by atoms with Crippen molar-refractivity contribution in [3.8, 4) is 0 Å². The van der Waals surface area contributed by atoms with E-state index in [1.54, 1.807) is 0 Å². The molecule has 3 atom stereocenters. The smallest absolute Gasteiger partial charge is 0.222 e. The lowest BCUT2D eigenvalue weighted by Gasteiger charge is -2.34. The van der Waals surface area contributed by atoms with E-state index >= 15 is 0 Å². The molecule has 0 aromatic heterocycles. The topological polar surface area (TPSA) is 72.3 Å². The van der Waals surface area contributed by atoms with Crippen molar-refractivity contribution in [2.75, 3.05) is 12.3 Å². The van der Waals surface area contributed by atoms with Gasteiger partial charge in [0.25, 0.3) is 0 Å². The van der Waals surface area contributed by atoms with E-state index in [0.717, 1.165) is 19.4 Å². The van der Waals surface area contributed by atoms with Gasteiger partial charge in [-0.05, 0) is 32.1 Å². The number of nitrogens with two attached hydrogens (primary N) is 2. The molecule has 1 amide bonds. The van der Waals surface area contributed by atoms with Crippen molar-refractivity contribution < 1.29 is 4.79 Å². The number of carbonyl (C=O) groups is 1. The summed E-state index contributed by atoms with van der Waals surface area (Å²) in [4.78, 5) is 14.2. The molecule has 4 N–H and O–H groups in total. The van der Waals surface area contributed by atoms with E-state index < -0.39 is 0 Å². The van der Waals surface area contributed by atoms with Crippen molar-refractivity contribution >= 4 is 17.7 Å². The summed E-state index contributed by atoms with van der Waals surface area (Å²) in [5.74, 6) is 0.687. The van der Waals surface area contributed by atoms with Crippen LogP contribution >= 0.6 is 11.8 Å². The molecule has 0 bridgehead atoms. The molecule has 1 rings (SSSR count). The highest BCUT2D eigenvalue weighted by Crippen LogP contribution is 2.32. The molecule has 4 nitrogen and oxygen atoms in total. The molecule has 3 unspecified atom stereocenters. The van der Waals surface area contributed by atoms with Crippen molar-refractivity contribution in [2.24, 2.45) is 22.8 Å². The van der Waals surface area contributed by atoms with Gasteiger partial charge in [0.15, 0.2) is 0 Å². The minimum absolute atomic E-state index is 0.0970. The van der Waals surface area contributed by atoms with Crippen LogP contribution in [0.4, 0.5) is 0 Å². The molecular formula is C15H31N3OS. The number of nitrogens with zero attached hydrogens (tertiary/aromatic N) is 1. The van der Waals surface area contributed by atoms with Gasteiger partial charge in [-0.1, -0.05) is 20.8 Å². The van der Waals surface area contributed by atoms with Crippen LogP contribution in [0.3, 0.4) is 0 Å². The van der Waals surface area contributed by atoms with Crippen LogP contribution in [0.1, 0.15) is 47.5 Å². The second-order valence-electron chi connectivity index (χ2n) is 7.14. The Bertz CT molecular complexity index is 328. The zero-order chi connectivity index (χ0) is 15.5. The van der Waals surface area contributed by atoms with Gasteiger partial charge in [-0.25, -0.2) is 0 Å². The summed E-state index contributed by atoms with van der Waals surface area (Å²) in [6.07, 6.45) is 1.77. The van der Waals surface area contributed by atoms with Gasteiger partial charge in [-0.15, -0.1) is 11.8 Å². The van der Waals surface area contributed by atoms with Crippen molar-refractivity contribution in [1.82, 2.24) is 4.90 Å². The van der Waals surface area contributed by atoms with Crippen molar-refractivity contribution in [2.45, 2.75) is 64.9 Å². The number of hydrogen-bond acceptors (Lipinski definition) is 4. The second-order valence-corrected chi connectivity index (χ2v) is 8.42. The Morgan fingerprint density at radius 3 is 2.45 bits per heavy atom. The maximum atomic E-state index is 11.7. The standard InChI is InChI=1S/C15H31N3OS/c1-10(2)18-8-9-20-12(18)7-6-11(14(17)19)13(16)15(3,4)5/h10-13H,6-9,16H2,1-5H3,(H2,17,19). The molecular weight excluding hydrogens is 270 g/mol. The number of hydrogen-bond donors (Lipinski definition) is 2. The highest BCUT2D eigenvalue weighted by atomic mass is 32.2. The Balaban J connectivity index is 2.62. The molecule has 1 heterocycles. The number of thioether (sulfide) groups is 1. The number of amides is 1. The third-order valence-electron chi connectivity index (χ3n) is 4.22. The minimum atomic E-state index is -0.258. The molecule has 1 aliphatic rings. The largest absolute Gasteiger partial charge is 0.369 e. The molecule has 0 aromatic carbocycles. The first kappa shape index (κ1) is 17.8. The highest BCUT2D eigenvalue weighted by Gasteiger charge is 2.34. The van der Waals surface area contributed by atoms with Gasteiger partial charge in [0.2, 0.25) is 5.91 Å². The van der Waals surface area contributed by atoms with E-state index in [1.165, 1.54) is 5.75 Å². The monoisotopic (exact) mass is 301 g/mol. The van der Waals surface area contributed by atoms with E-state index in [1.807, 2.05) is 11.8 Å².